The van der Waals surface area contributed by atoms with Gasteiger partial charge in [0.1, 0.15) is 0 Å². The van der Waals surface area contributed by atoms with Crippen LogP contribution in [0.3, 0.4) is 0 Å². The van der Waals surface area contributed by atoms with Crippen molar-refractivity contribution in [2.24, 2.45) is 5.73 Å². The van der Waals surface area contributed by atoms with Crippen molar-refractivity contribution in [1.82, 2.24) is 5.32 Å². The van der Waals surface area contributed by atoms with Gasteiger partial charge in [0.15, 0.2) is 0 Å². The molecule has 0 aliphatic carbocycles. The first kappa shape index (κ1) is 12.5. The SMILES string of the molecule is C=CCCNC(=O)c1ccccc1CCN. The molecule has 0 fully saturated rings. The smallest absolute Gasteiger partial charge is 0.251 e. The fraction of sp³-hybridized carbons (Fsp3) is 0.308. The molecule has 0 aliphatic heterocycles. The zero-order valence-electron chi connectivity index (χ0n) is 9.41. The molecule has 0 bridgehead atoms. The normalized spacial score (nSPS) is 9.81. The van der Waals surface area contributed by atoms with Gasteiger partial charge < -0.3 is 11.1 Å². The first-order chi connectivity index (χ1) is 7.79. The van der Waals surface area contributed by atoms with E-state index in [1.165, 1.54) is 0 Å². The van der Waals surface area contributed by atoms with E-state index in [0.717, 1.165) is 24.0 Å². The standard InChI is InChI=1S/C13H18N2O/c1-2-3-10-15-13(16)12-7-5-4-6-11(12)8-9-14/h2,4-7H,1,3,8-10,14H2,(H,15,16). The number of amides is 1. The largest absolute Gasteiger partial charge is 0.352 e. The van der Waals surface area contributed by atoms with Crippen molar-refractivity contribution < 1.29 is 4.79 Å². The molecule has 0 saturated heterocycles. The third-order valence-electron chi connectivity index (χ3n) is 2.31. The molecular weight excluding hydrogens is 200 g/mol. The van der Waals surface area contributed by atoms with Crippen LogP contribution in [0.15, 0.2) is 36.9 Å². The minimum atomic E-state index is -0.0362. The molecule has 3 nitrogen and oxygen atoms in total. The van der Waals surface area contributed by atoms with Crippen molar-refractivity contribution in [2.45, 2.75) is 12.8 Å². The Morgan fingerprint density at radius 3 is 2.88 bits per heavy atom. The van der Waals surface area contributed by atoms with Crippen molar-refractivity contribution in [3.05, 3.63) is 48.0 Å². The monoisotopic (exact) mass is 218 g/mol. The molecule has 16 heavy (non-hydrogen) atoms. The van der Waals surface area contributed by atoms with Gasteiger partial charge in [-0.2, -0.15) is 0 Å². The average Bonchev–Trinajstić information content (AvgIpc) is 2.30. The first-order valence-corrected chi connectivity index (χ1v) is 5.46. The van der Waals surface area contributed by atoms with Gasteiger partial charge in [-0.15, -0.1) is 6.58 Å². The number of hydrogen-bond donors (Lipinski definition) is 2. The van der Waals surface area contributed by atoms with E-state index in [-0.39, 0.29) is 5.91 Å². The quantitative estimate of drug-likeness (QED) is 0.561. The summed E-state index contributed by atoms with van der Waals surface area (Å²) in [5.74, 6) is -0.0362. The van der Waals surface area contributed by atoms with Crippen LogP contribution in [0.2, 0.25) is 0 Å². The zero-order chi connectivity index (χ0) is 11.8. The molecule has 3 N–H and O–H groups in total. The Balaban J connectivity index is 2.69. The van der Waals surface area contributed by atoms with Crippen LogP contribution in [-0.4, -0.2) is 19.0 Å². The summed E-state index contributed by atoms with van der Waals surface area (Å²) < 4.78 is 0. The second-order valence-electron chi connectivity index (χ2n) is 3.53. The van der Waals surface area contributed by atoms with Gasteiger partial charge in [-0.05, 0) is 31.0 Å². The van der Waals surface area contributed by atoms with Gasteiger partial charge in [-0.25, -0.2) is 0 Å². The van der Waals surface area contributed by atoms with Crippen LogP contribution in [-0.2, 0) is 6.42 Å². The molecule has 0 unspecified atom stereocenters. The lowest BCUT2D eigenvalue weighted by atomic mass is 10.0. The summed E-state index contributed by atoms with van der Waals surface area (Å²) in [4.78, 5) is 11.8. The molecule has 1 aromatic carbocycles. The minimum absolute atomic E-state index is 0.0362. The maximum absolute atomic E-state index is 11.8. The van der Waals surface area contributed by atoms with Gasteiger partial charge in [-0.3, -0.25) is 4.79 Å². The summed E-state index contributed by atoms with van der Waals surface area (Å²) in [6.07, 6.45) is 3.29. The number of nitrogens with two attached hydrogens (primary N) is 1. The summed E-state index contributed by atoms with van der Waals surface area (Å²) in [6.45, 7) is 4.79. The van der Waals surface area contributed by atoms with E-state index >= 15 is 0 Å². The van der Waals surface area contributed by atoms with Crippen molar-refractivity contribution in [3.63, 3.8) is 0 Å². The average molecular weight is 218 g/mol. The molecule has 1 amide bonds. The minimum Gasteiger partial charge on any atom is -0.352 e. The molecular formula is C13H18N2O. The highest BCUT2D eigenvalue weighted by Crippen LogP contribution is 2.08. The Hall–Kier alpha value is -1.61. The lowest BCUT2D eigenvalue weighted by Gasteiger charge is -2.08. The van der Waals surface area contributed by atoms with E-state index in [2.05, 4.69) is 11.9 Å². The highest BCUT2D eigenvalue weighted by molar-refractivity contribution is 5.95. The topological polar surface area (TPSA) is 55.1 Å². The molecule has 0 saturated carbocycles. The highest BCUT2D eigenvalue weighted by Gasteiger charge is 2.08. The van der Waals surface area contributed by atoms with Gasteiger partial charge in [0.25, 0.3) is 5.91 Å². The van der Waals surface area contributed by atoms with Gasteiger partial charge >= 0.3 is 0 Å². The van der Waals surface area contributed by atoms with E-state index in [9.17, 15) is 4.79 Å². The summed E-state index contributed by atoms with van der Waals surface area (Å²) in [7, 11) is 0. The number of hydrogen-bond acceptors (Lipinski definition) is 2. The van der Waals surface area contributed by atoms with Crippen LogP contribution in [0.5, 0.6) is 0 Å². The first-order valence-electron chi connectivity index (χ1n) is 5.46. The van der Waals surface area contributed by atoms with Crippen molar-refractivity contribution in [3.8, 4) is 0 Å². The fourth-order valence-electron chi connectivity index (χ4n) is 1.50. The van der Waals surface area contributed by atoms with Crippen LogP contribution in [0.1, 0.15) is 22.3 Å². The molecule has 0 radical (unpaired) electrons. The Labute approximate surface area is 96.3 Å². The molecule has 0 aromatic heterocycles. The fourth-order valence-corrected chi connectivity index (χ4v) is 1.50. The molecule has 3 heteroatoms. The Morgan fingerprint density at radius 2 is 2.19 bits per heavy atom. The van der Waals surface area contributed by atoms with Crippen LogP contribution in [0, 0.1) is 0 Å². The second-order valence-corrected chi connectivity index (χ2v) is 3.53. The Bertz CT molecular complexity index is 361. The Morgan fingerprint density at radius 1 is 1.44 bits per heavy atom. The summed E-state index contributed by atoms with van der Waals surface area (Å²) in [6, 6.07) is 7.55. The summed E-state index contributed by atoms with van der Waals surface area (Å²) >= 11 is 0. The van der Waals surface area contributed by atoms with Gasteiger partial charge in [-0.1, -0.05) is 24.3 Å². The van der Waals surface area contributed by atoms with Crippen LogP contribution >= 0.6 is 0 Å². The van der Waals surface area contributed by atoms with Crippen molar-refractivity contribution in [1.29, 1.82) is 0 Å². The molecule has 0 spiro atoms. The zero-order valence-corrected chi connectivity index (χ0v) is 9.41. The third-order valence-corrected chi connectivity index (χ3v) is 2.31. The summed E-state index contributed by atoms with van der Waals surface area (Å²) in [5, 5.41) is 2.85. The molecule has 1 aromatic rings. The predicted octanol–water partition coefficient (Wildman–Crippen LogP) is 1.49. The number of nitrogens with one attached hydrogen (secondary N) is 1. The summed E-state index contributed by atoms with van der Waals surface area (Å²) in [5.41, 5.74) is 7.23. The van der Waals surface area contributed by atoms with Crippen LogP contribution in [0.4, 0.5) is 0 Å². The maximum atomic E-state index is 11.8. The second kappa shape index (κ2) is 6.80. The van der Waals surface area contributed by atoms with E-state index in [0.29, 0.717) is 13.1 Å². The maximum Gasteiger partial charge on any atom is 0.251 e. The highest BCUT2D eigenvalue weighted by atomic mass is 16.1. The van der Waals surface area contributed by atoms with Crippen LogP contribution < -0.4 is 11.1 Å². The van der Waals surface area contributed by atoms with E-state index in [1.807, 2.05) is 24.3 Å². The molecule has 0 atom stereocenters. The molecule has 0 heterocycles. The molecule has 1 rings (SSSR count). The Kier molecular flexibility index (Phi) is 5.29. The van der Waals surface area contributed by atoms with Gasteiger partial charge in [0.05, 0.1) is 0 Å². The van der Waals surface area contributed by atoms with Gasteiger partial charge in [0, 0.05) is 12.1 Å². The van der Waals surface area contributed by atoms with E-state index < -0.39 is 0 Å². The number of carbonyl (C=O) groups is 1. The molecule has 86 valence electrons. The van der Waals surface area contributed by atoms with Gasteiger partial charge in [0.2, 0.25) is 0 Å². The molecule has 0 aliphatic rings. The number of rotatable bonds is 6. The lowest BCUT2D eigenvalue weighted by Crippen LogP contribution is -2.25. The number of benzene rings is 1. The predicted molar refractivity (Wildman–Crippen MR) is 66.3 cm³/mol. The third kappa shape index (κ3) is 3.51. The number of carbonyl (C=O) groups excluding carboxylic acids is 1. The van der Waals surface area contributed by atoms with Crippen molar-refractivity contribution >= 4 is 5.91 Å². The van der Waals surface area contributed by atoms with E-state index in [1.54, 1.807) is 6.08 Å². The van der Waals surface area contributed by atoms with Crippen molar-refractivity contribution in [2.75, 3.05) is 13.1 Å². The van der Waals surface area contributed by atoms with Crippen LogP contribution in [0.25, 0.3) is 0 Å². The lowest BCUT2D eigenvalue weighted by molar-refractivity contribution is 0.0953. The van der Waals surface area contributed by atoms with E-state index in [4.69, 9.17) is 5.73 Å².